The highest BCUT2D eigenvalue weighted by molar-refractivity contribution is 8.03. The molecule has 2 fully saturated rings. The van der Waals surface area contributed by atoms with E-state index in [1.807, 2.05) is 6.92 Å². The van der Waals surface area contributed by atoms with E-state index in [1.165, 1.54) is 4.90 Å². The Hall–Kier alpha value is -1.05. The van der Waals surface area contributed by atoms with E-state index in [0.717, 1.165) is 30.8 Å². The topological polar surface area (TPSA) is 89.9 Å². The lowest BCUT2D eigenvalue weighted by atomic mass is 9.82. The molecular weight excluding hydrogens is 304 g/mol. The monoisotopic (exact) mass is 326 g/mol. The zero-order valence-electron chi connectivity index (χ0n) is 12.6. The molecule has 0 aliphatic carbocycles. The number of carboxylic acid groups (broad SMARTS) is 1. The summed E-state index contributed by atoms with van der Waals surface area (Å²) >= 11 is 1.62. The SMILES string of the molecule is CC[C@H](O)[C@@H]1C(=O)N2C(C(=O)O)=C(SC3CCNCC3)C[C@H]12. The van der Waals surface area contributed by atoms with Gasteiger partial charge in [-0.05, 0) is 32.4 Å². The van der Waals surface area contributed by atoms with Crippen LogP contribution in [0.1, 0.15) is 32.6 Å². The number of nitrogens with zero attached hydrogens (tertiary/aromatic N) is 1. The number of amides is 1. The summed E-state index contributed by atoms with van der Waals surface area (Å²) in [5, 5.41) is 23.2. The van der Waals surface area contributed by atoms with Gasteiger partial charge in [0.15, 0.2) is 0 Å². The van der Waals surface area contributed by atoms with Crippen LogP contribution in [0.5, 0.6) is 0 Å². The van der Waals surface area contributed by atoms with Crippen LogP contribution in [-0.4, -0.2) is 57.5 Å². The van der Waals surface area contributed by atoms with Crippen LogP contribution in [0.3, 0.4) is 0 Å². The van der Waals surface area contributed by atoms with Crippen molar-refractivity contribution in [3.8, 4) is 0 Å². The molecule has 0 spiro atoms. The van der Waals surface area contributed by atoms with Gasteiger partial charge in [-0.1, -0.05) is 6.92 Å². The maximum absolute atomic E-state index is 12.2. The first kappa shape index (κ1) is 15.8. The number of aliphatic carboxylic acids is 1. The van der Waals surface area contributed by atoms with Gasteiger partial charge in [-0.3, -0.25) is 4.79 Å². The van der Waals surface area contributed by atoms with Crippen molar-refractivity contribution in [1.29, 1.82) is 0 Å². The molecule has 7 heteroatoms. The van der Waals surface area contributed by atoms with Crippen LogP contribution in [-0.2, 0) is 9.59 Å². The maximum atomic E-state index is 12.2. The number of carbonyl (C=O) groups excluding carboxylic acids is 1. The number of β-lactam (4-membered cyclic amide) rings is 1. The van der Waals surface area contributed by atoms with Crippen LogP contribution in [0.25, 0.3) is 0 Å². The minimum absolute atomic E-state index is 0.151. The number of aliphatic hydroxyl groups excluding tert-OH is 1. The summed E-state index contributed by atoms with van der Waals surface area (Å²) in [7, 11) is 0. The second-order valence-corrected chi connectivity index (χ2v) is 7.52. The molecule has 0 aromatic carbocycles. The molecule has 3 aliphatic rings. The molecule has 22 heavy (non-hydrogen) atoms. The fraction of sp³-hybridized carbons (Fsp3) is 0.733. The highest BCUT2D eigenvalue weighted by Crippen LogP contribution is 2.48. The molecule has 0 aromatic heterocycles. The van der Waals surface area contributed by atoms with E-state index in [9.17, 15) is 19.8 Å². The quantitative estimate of drug-likeness (QED) is 0.647. The van der Waals surface area contributed by atoms with Gasteiger partial charge in [0.2, 0.25) is 5.91 Å². The predicted molar refractivity (Wildman–Crippen MR) is 83.2 cm³/mol. The number of hydrogen-bond acceptors (Lipinski definition) is 5. The molecule has 3 rings (SSSR count). The zero-order chi connectivity index (χ0) is 15.9. The summed E-state index contributed by atoms with van der Waals surface area (Å²) in [5.74, 6) is -1.71. The average molecular weight is 326 g/mol. The van der Waals surface area contributed by atoms with Crippen molar-refractivity contribution in [2.45, 2.75) is 50.0 Å². The molecule has 0 unspecified atom stereocenters. The van der Waals surface area contributed by atoms with Crippen LogP contribution in [0.15, 0.2) is 10.6 Å². The molecular formula is C15H22N2O4S. The molecule has 2 saturated heterocycles. The number of thioether (sulfide) groups is 1. The molecule has 3 heterocycles. The summed E-state index contributed by atoms with van der Waals surface area (Å²) in [5.41, 5.74) is 0.151. The Morgan fingerprint density at radius 1 is 1.45 bits per heavy atom. The summed E-state index contributed by atoms with van der Waals surface area (Å²) in [6.45, 7) is 3.75. The van der Waals surface area contributed by atoms with Crippen molar-refractivity contribution in [3.63, 3.8) is 0 Å². The minimum atomic E-state index is -1.03. The van der Waals surface area contributed by atoms with Crippen molar-refractivity contribution in [2.75, 3.05) is 13.1 Å². The number of piperidine rings is 1. The Morgan fingerprint density at radius 3 is 2.73 bits per heavy atom. The molecule has 0 aromatic rings. The second-order valence-electron chi connectivity index (χ2n) is 6.13. The van der Waals surface area contributed by atoms with E-state index in [2.05, 4.69) is 5.32 Å². The van der Waals surface area contributed by atoms with Crippen LogP contribution >= 0.6 is 11.8 Å². The normalized spacial score (nSPS) is 30.3. The smallest absolute Gasteiger partial charge is 0.353 e. The Labute approximate surface area is 133 Å². The third-order valence-electron chi connectivity index (χ3n) is 4.80. The molecule has 3 aliphatic heterocycles. The van der Waals surface area contributed by atoms with Crippen molar-refractivity contribution in [3.05, 3.63) is 10.6 Å². The Morgan fingerprint density at radius 2 is 2.14 bits per heavy atom. The van der Waals surface area contributed by atoms with Crippen molar-refractivity contribution in [2.24, 2.45) is 5.92 Å². The Bertz CT molecular complexity index is 516. The van der Waals surface area contributed by atoms with Gasteiger partial charge in [0.05, 0.1) is 18.1 Å². The molecule has 0 saturated carbocycles. The van der Waals surface area contributed by atoms with Gasteiger partial charge < -0.3 is 20.4 Å². The van der Waals surface area contributed by atoms with Gasteiger partial charge in [-0.25, -0.2) is 4.79 Å². The lowest BCUT2D eigenvalue weighted by molar-refractivity contribution is -0.162. The average Bonchev–Trinajstić information content (AvgIpc) is 2.83. The van der Waals surface area contributed by atoms with E-state index < -0.39 is 18.0 Å². The summed E-state index contributed by atoms with van der Waals surface area (Å²) in [4.78, 5) is 26.0. The Kier molecular flexibility index (Phi) is 4.47. The van der Waals surface area contributed by atoms with Gasteiger partial charge in [0.25, 0.3) is 0 Å². The standard InChI is InChI=1S/C15H22N2O4S/c1-2-10(18)12-9-7-11(22-8-3-5-16-6-4-8)13(15(20)21)17(9)14(12)19/h8-10,12,16,18H,2-7H2,1H3,(H,20,21)/t9-,10+,12-/m1/s1. The van der Waals surface area contributed by atoms with Crippen LogP contribution in [0.2, 0.25) is 0 Å². The number of carboxylic acids is 1. The maximum Gasteiger partial charge on any atom is 0.353 e. The van der Waals surface area contributed by atoms with Gasteiger partial charge in [-0.15, -0.1) is 11.8 Å². The molecule has 3 atom stereocenters. The molecule has 122 valence electrons. The van der Waals surface area contributed by atoms with Gasteiger partial charge in [0, 0.05) is 16.6 Å². The van der Waals surface area contributed by atoms with E-state index >= 15 is 0 Å². The number of carbonyl (C=O) groups is 2. The van der Waals surface area contributed by atoms with Crippen molar-refractivity contribution < 1.29 is 19.8 Å². The molecule has 0 bridgehead atoms. The third kappa shape index (κ3) is 2.55. The first-order valence-electron chi connectivity index (χ1n) is 7.89. The van der Waals surface area contributed by atoms with Crippen LogP contribution in [0.4, 0.5) is 0 Å². The van der Waals surface area contributed by atoms with E-state index in [1.54, 1.807) is 11.8 Å². The van der Waals surface area contributed by atoms with Crippen molar-refractivity contribution in [1.82, 2.24) is 10.2 Å². The van der Waals surface area contributed by atoms with Gasteiger partial charge in [0.1, 0.15) is 5.70 Å². The number of nitrogens with one attached hydrogen (secondary N) is 1. The fourth-order valence-electron chi connectivity index (χ4n) is 3.60. The van der Waals surface area contributed by atoms with Crippen molar-refractivity contribution >= 4 is 23.6 Å². The van der Waals surface area contributed by atoms with Crippen LogP contribution in [0, 0.1) is 5.92 Å². The molecule has 6 nitrogen and oxygen atoms in total. The largest absolute Gasteiger partial charge is 0.477 e. The van der Waals surface area contributed by atoms with E-state index in [4.69, 9.17) is 0 Å². The third-order valence-corrected chi connectivity index (χ3v) is 6.25. The molecule has 3 N–H and O–H groups in total. The number of aliphatic hydroxyl groups is 1. The second kappa shape index (κ2) is 6.22. The number of hydrogen-bond donors (Lipinski definition) is 3. The predicted octanol–water partition coefficient (Wildman–Crippen LogP) is 0.769. The summed E-state index contributed by atoms with van der Waals surface area (Å²) in [6, 6.07) is -0.169. The molecule has 0 radical (unpaired) electrons. The van der Waals surface area contributed by atoms with E-state index in [-0.39, 0.29) is 17.6 Å². The van der Waals surface area contributed by atoms with E-state index in [0.29, 0.717) is 18.1 Å². The summed E-state index contributed by atoms with van der Waals surface area (Å²) in [6.07, 6.45) is 2.44. The lowest BCUT2D eigenvalue weighted by Gasteiger charge is -2.45. The number of fused-ring (bicyclic) bond motifs is 1. The number of rotatable bonds is 5. The Balaban J connectivity index is 1.77. The first-order chi connectivity index (χ1) is 10.5. The minimum Gasteiger partial charge on any atom is -0.477 e. The van der Waals surface area contributed by atoms with Gasteiger partial charge >= 0.3 is 5.97 Å². The van der Waals surface area contributed by atoms with Crippen LogP contribution < -0.4 is 5.32 Å². The highest BCUT2D eigenvalue weighted by Gasteiger charge is 2.57. The van der Waals surface area contributed by atoms with Gasteiger partial charge in [-0.2, -0.15) is 0 Å². The first-order valence-corrected chi connectivity index (χ1v) is 8.77. The fourth-order valence-corrected chi connectivity index (χ4v) is 5.04. The molecule has 1 amide bonds. The summed E-state index contributed by atoms with van der Waals surface area (Å²) < 4.78 is 0. The lowest BCUT2D eigenvalue weighted by Crippen LogP contribution is -2.62. The highest BCUT2D eigenvalue weighted by atomic mass is 32.2. The zero-order valence-corrected chi connectivity index (χ0v) is 13.4.